The molecule has 0 spiro atoms. The molecule has 0 amide bonds. The molecular formula is C15H16N2O3S. The fourth-order valence-corrected chi connectivity index (χ4v) is 2.91. The Morgan fingerprint density at radius 3 is 2.76 bits per heavy atom. The van der Waals surface area contributed by atoms with Gasteiger partial charge in [-0.25, -0.2) is 0 Å². The molecule has 2 aromatic carbocycles. The van der Waals surface area contributed by atoms with Crippen LogP contribution in [0.5, 0.6) is 5.75 Å². The fourth-order valence-electron chi connectivity index (χ4n) is 1.94. The van der Waals surface area contributed by atoms with Crippen molar-refractivity contribution in [3.05, 3.63) is 58.1 Å². The Hall–Kier alpha value is -2.21. The van der Waals surface area contributed by atoms with Gasteiger partial charge in [0.05, 0.1) is 12.0 Å². The molecule has 0 bridgehead atoms. The number of nitrogens with two attached hydrogens (primary N) is 1. The Morgan fingerprint density at radius 2 is 2.05 bits per heavy atom. The Kier molecular flexibility index (Phi) is 5.05. The number of nitro groups is 1. The van der Waals surface area contributed by atoms with Gasteiger partial charge in [-0.2, -0.15) is 0 Å². The Morgan fingerprint density at radius 1 is 1.29 bits per heavy atom. The van der Waals surface area contributed by atoms with E-state index in [1.54, 1.807) is 43.1 Å². The van der Waals surface area contributed by atoms with E-state index in [2.05, 4.69) is 0 Å². The molecule has 0 atom stereocenters. The Balaban J connectivity index is 2.03. The molecule has 5 nitrogen and oxygen atoms in total. The summed E-state index contributed by atoms with van der Waals surface area (Å²) in [6.45, 7) is 0. The van der Waals surface area contributed by atoms with Crippen LogP contribution in [0.3, 0.4) is 0 Å². The monoisotopic (exact) mass is 304 g/mol. The standard InChI is InChI=1S/C15H16N2O3S/c1-20-12-6-7-13(16)15(10-12)21-9-8-11-4-2-3-5-14(11)17(18)19/h2-7,10H,8-9,16H2,1H3. The highest BCUT2D eigenvalue weighted by molar-refractivity contribution is 7.99. The molecule has 0 fully saturated rings. The zero-order valence-electron chi connectivity index (χ0n) is 11.6. The summed E-state index contributed by atoms with van der Waals surface area (Å²) < 4.78 is 5.17. The zero-order chi connectivity index (χ0) is 15.2. The molecule has 2 N–H and O–H groups in total. The van der Waals surface area contributed by atoms with Crippen LogP contribution >= 0.6 is 11.8 Å². The summed E-state index contributed by atoms with van der Waals surface area (Å²) in [5.41, 5.74) is 7.50. The minimum atomic E-state index is -0.347. The first-order valence-electron chi connectivity index (χ1n) is 6.40. The predicted molar refractivity (Wildman–Crippen MR) is 84.9 cm³/mol. The molecule has 6 heteroatoms. The quantitative estimate of drug-likeness (QED) is 0.382. The average Bonchev–Trinajstić information content (AvgIpc) is 2.49. The Bertz CT molecular complexity index is 647. The second-order valence-electron chi connectivity index (χ2n) is 4.39. The molecule has 0 radical (unpaired) electrons. The van der Waals surface area contributed by atoms with Crippen LogP contribution in [0.15, 0.2) is 47.4 Å². The maximum absolute atomic E-state index is 11.0. The van der Waals surface area contributed by atoms with Crippen molar-refractivity contribution >= 4 is 23.1 Å². The highest BCUT2D eigenvalue weighted by Crippen LogP contribution is 2.30. The summed E-state index contributed by atoms with van der Waals surface area (Å²) >= 11 is 1.56. The zero-order valence-corrected chi connectivity index (χ0v) is 12.4. The highest BCUT2D eigenvalue weighted by Gasteiger charge is 2.12. The third-order valence-electron chi connectivity index (χ3n) is 3.04. The molecule has 0 saturated carbocycles. The molecule has 2 rings (SSSR count). The molecule has 2 aromatic rings. The lowest BCUT2D eigenvalue weighted by atomic mass is 10.1. The third-order valence-corrected chi connectivity index (χ3v) is 4.11. The van der Waals surface area contributed by atoms with E-state index in [1.165, 1.54) is 6.07 Å². The van der Waals surface area contributed by atoms with Crippen LogP contribution in [0.25, 0.3) is 0 Å². The minimum Gasteiger partial charge on any atom is -0.497 e. The molecule has 0 saturated heterocycles. The van der Waals surface area contributed by atoms with Crippen molar-refractivity contribution in [3.63, 3.8) is 0 Å². The number of hydrogen-bond donors (Lipinski definition) is 1. The molecule has 21 heavy (non-hydrogen) atoms. The van der Waals surface area contributed by atoms with E-state index < -0.39 is 0 Å². The van der Waals surface area contributed by atoms with Gasteiger partial charge in [0, 0.05) is 28.0 Å². The van der Waals surface area contributed by atoms with E-state index in [0.29, 0.717) is 17.9 Å². The summed E-state index contributed by atoms with van der Waals surface area (Å²) in [4.78, 5) is 11.5. The number of thioether (sulfide) groups is 1. The van der Waals surface area contributed by atoms with Crippen molar-refractivity contribution in [2.45, 2.75) is 11.3 Å². The number of nitrogen functional groups attached to an aromatic ring is 1. The van der Waals surface area contributed by atoms with Gasteiger partial charge in [0.15, 0.2) is 0 Å². The van der Waals surface area contributed by atoms with E-state index in [0.717, 1.165) is 16.2 Å². The van der Waals surface area contributed by atoms with Crippen LogP contribution in [0.4, 0.5) is 11.4 Å². The van der Waals surface area contributed by atoms with Crippen LogP contribution in [-0.4, -0.2) is 17.8 Å². The van der Waals surface area contributed by atoms with Crippen LogP contribution < -0.4 is 10.5 Å². The first-order valence-corrected chi connectivity index (χ1v) is 7.39. The van der Waals surface area contributed by atoms with Crippen LogP contribution in [0.1, 0.15) is 5.56 Å². The number of anilines is 1. The largest absolute Gasteiger partial charge is 0.497 e. The van der Waals surface area contributed by atoms with Gasteiger partial charge in [-0.15, -0.1) is 11.8 Å². The molecule has 0 heterocycles. The number of rotatable bonds is 6. The maximum atomic E-state index is 11.0. The molecular weight excluding hydrogens is 288 g/mol. The minimum absolute atomic E-state index is 0.164. The van der Waals surface area contributed by atoms with Gasteiger partial charge in [0.25, 0.3) is 5.69 Å². The highest BCUT2D eigenvalue weighted by atomic mass is 32.2. The second kappa shape index (κ2) is 6.99. The number of methoxy groups -OCH3 is 1. The van der Waals surface area contributed by atoms with E-state index in [4.69, 9.17) is 10.5 Å². The summed E-state index contributed by atoms with van der Waals surface area (Å²) in [6, 6.07) is 12.3. The van der Waals surface area contributed by atoms with Gasteiger partial charge in [0.1, 0.15) is 5.75 Å². The SMILES string of the molecule is COc1ccc(N)c(SCCc2ccccc2[N+](=O)[O-])c1. The summed E-state index contributed by atoms with van der Waals surface area (Å²) in [5, 5.41) is 11.0. The average molecular weight is 304 g/mol. The molecule has 0 aliphatic carbocycles. The summed E-state index contributed by atoms with van der Waals surface area (Å²) in [6.07, 6.45) is 0.610. The van der Waals surface area contributed by atoms with Crippen molar-refractivity contribution in [2.75, 3.05) is 18.6 Å². The normalized spacial score (nSPS) is 10.3. The van der Waals surface area contributed by atoms with Crippen molar-refractivity contribution < 1.29 is 9.66 Å². The maximum Gasteiger partial charge on any atom is 0.272 e. The van der Waals surface area contributed by atoms with Gasteiger partial charge in [-0.1, -0.05) is 18.2 Å². The molecule has 110 valence electrons. The molecule has 0 aromatic heterocycles. The first-order chi connectivity index (χ1) is 10.1. The number of hydrogen-bond acceptors (Lipinski definition) is 5. The summed E-state index contributed by atoms with van der Waals surface area (Å²) in [7, 11) is 1.60. The topological polar surface area (TPSA) is 78.4 Å². The predicted octanol–water partition coefficient (Wildman–Crippen LogP) is 3.52. The van der Waals surface area contributed by atoms with E-state index in [9.17, 15) is 10.1 Å². The number of benzene rings is 2. The second-order valence-corrected chi connectivity index (χ2v) is 5.52. The van der Waals surface area contributed by atoms with Crippen LogP contribution in [0.2, 0.25) is 0 Å². The van der Waals surface area contributed by atoms with Crippen LogP contribution in [0, 0.1) is 10.1 Å². The summed E-state index contributed by atoms with van der Waals surface area (Å²) in [5.74, 6) is 1.46. The van der Waals surface area contributed by atoms with Gasteiger partial charge in [-0.3, -0.25) is 10.1 Å². The van der Waals surface area contributed by atoms with Gasteiger partial charge in [-0.05, 0) is 24.6 Å². The van der Waals surface area contributed by atoms with Gasteiger partial charge in [0.2, 0.25) is 0 Å². The molecule has 0 unspecified atom stereocenters. The number of nitro benzene ring substituents is 1. The third kappa shape index (κ3) is 3.88. The number of nitrogens with zero attached hydrogens (tertiary/aromatic N) is 1. The fraction of sp³-hybridized carbons (Fsp3) is 0.200. The smallest absolute Gasteiger partial charge is 0.272 e. The van der Waals surface area contributed by atoms with E-state index in [1.807, 2.05) is 12.1 Å². The number of aryl methyl sites for hydroxylation is 1. The number of para-hydroxylation sites is 1. The first kappa shape index (κ1) is 15.2. The van der Waals surface area contributed by atoms with Crippen molar-refractivity contribution in [1.82, 2.24) is 0 Å². The lowest BCUT2D eigenvalue weighted by Crippen LogP contribution is -1.97. The van der Waals surface area contributed by atoms with Gasteiger partial charge >= 0.3 is 0 Å². The lowest BCUT2D eigenvalue weighted by molar-refractivity contribution is -0.385. The molecule has 0 aliphatic rings. The van der Waals surface area contributed by atoms with E-state index >= 15 is 0 Å². The van der Waals surface area contributed by atoms with E-state index in [-0.39, 0.29) is 10.6 Å². The van der Waals surface area contributed by atoms with Crippen molar-refractivity contribution in [2.24, 2.45) is 0 Å². The Labute approximate surface area is 127 Å². The number of ether oxygens (including phenoxy) is 1. The molecule has 0 aliphatic heterocycles. The van der Waals surface area contributed by atoms with Gasteiger partial charge < -0.3 is 10.5 Å². The van der Waals surface area contributed by atoms with Crippen molar-refractivity contribution in [3.8, 4) is 5.75 Å². The van der Waals surface area contributed by atoms with Crippen LogP contribution in [-0.2, 0) is 6.42 Å². The lowest BCUT2D eigenvalue weighted by Gasteiger charge is -2.08. The van der Waals surface area contributed by atoms with Crippen molar-refractivity contribution in [1.29, 1.82) is 0 Å².